The van der Waals surface area contributed by atoms with Gasteiger partial charge in [-0.05, 0) is 79.9 Å². The smallest absolute Gasteiger partial charge is 0.326 e. The predicted molar refractivity (Wildman–Crippen MR) is 194 cm³/mol. The van der Waals surface area contributed by atoms with E-state index in [2.05, 4.69) is 11.0 Å². The molecule has 0 aliphatic carbocycles. The van der Waals surface area contributed by atoms with E-state index >= 15 is 0 Å². The summed E-state index contributed by atoms with van der Waals surface area (Å²) >= 11 is 12.7. The Balaban J connectivity index is 1.38. The van der Waals surface area contributed by atoms with Crippen LogP contribution in [0.15, 0.2) is 71.7 Å². The molecule has 3 aliphatic heterocycles. The molecule has 2 atom stereocenters. The highest BCUT2D eigenvalue weighted by Crippen LogP contribution is 2.45. The summed E-state index contributed by atoms with van der Waals surface area (Å²) in [6, 6.07) is 22.0. The highest BCUT2D eigenvalue weighted by molar-refractivity contribution is 6.30. The molecule has 3 heterocycles. The fourth-order valence-electron chi connectivity index (χ4n) is 6.63. The SMILES string of the molecule is CCOc1cc(C2=N[C@@H](c3ccc(Cl)cc3)[C@@H](c3ccc(Cl)cc3)N2C(=O)N2CCN(CC(=O)N3CCOCC3)CC2)cc(C(C)(C)C#N)c1. The van der Waals surface area contributed by atoms with E-state index in [1.807, 2.05) is 97.3 Å². The molecule has 2 saturated heterocycles. The third kappa shape index (κ3) is 7.77. The minimum absolute atomic E-state index is 0.0842. The van der Waals surface area contributed by atoms with Gasteiger partial charge >= 0.3 is 6.03 Å². The monoisotopic (exact) mass is 716 g/mol. The summed E-state index contributed by atoms with van der Waals surface area (Å²) in [6.07, 6.45) is 0. The topological polar surface area (TPSA) is 102 Å². The van der Waals surface area contributed by atoms with Crippen LogP contribution in [0.25, 0.3) is 0 Å². The molecule has 3 aromatic carbocycles. The molecule has 50 heavy (non-hydrogen) atoms. The fraction of sp³-hybridized carbons (Fsp3) is 0.421. The third-order valence-corrected chi connectivity index (χ3v) is 10.0. The van der Waals surface area contributed by atoms with E-state index < -0.39 is 17.5 Å². The van der Waals surface area contributed by atoms with Gasteiger partial charge in [-0.3, -0.25) is 19.6 Å². The number of nitriles is 1. The molecule has 2 fully saturated rings. The van der Waals surface area contributed by atoms with Crippen molar-refractivity contribution in [1.29, 1.82) is 5.26 Å². The molecule has 3 amide bonds. The molecule has 3 aliphatic rings. The van der Waals surface area contributed by atoms with E-state index in [9.17, 15) is 14.9 Å². The quantitative estimate of drug-likeness (QED) is 0.270. The zero-order valence-corrected chi connectivity index (χ0v) is 30.2. The van der Waals surface area contributed by atoms with E-state index in [1.165, 1.54) is 0 Å². The van der Waals surface area contributed by atoms with Crippen molar-refractivity contribution < 1.29 is 19.1 Å². The number of urea groups is 1. The number of nitrogens with zero attached hydrogens (tertiary/aromatic N) is 6. The van der Waals surface area contributed by atoms with Crippen LogP contribution in [0.3, 0.4) is 0 Å². The number of amidine groups is 1. The number of benzene rings is 3. The van der Waals surface area contributed by atoms with Gasteiger partial charge in [0.25, 0.3) is 0 Å². The number of halogens is 2. The molecule has 0 unspecified atom stereocenters. The number of hydrogen-bond donors (Lipinski definition) is 0. The van der Waals surface area contributed by atoms with E-state index in [-0.39, 0.29) is 11.9 Å². The lowest BCUT2D eigenvalue weighted by molar-refractivity contribution is -0.136. The van der Waals surface area contributed by atoms with Crippen molar-refractivity contribution in [3.05, 3.63) is 99.0 Å². The molecule has 10 nitrogen and oxygen atoms in total. The molecule has 0 N–H and O–H groups in total. The third-order valence-electron chi connectivity index (χ3n) is 9.54. The normalized spacial score (nSPS) is 20.0. The Morgan fingerprint density at radius 2 is 1.52 bits per heavy atom. The van der Waals surface area contributed by atoms with Crippen LogP contribution >= 0.6 is 23.2 Å². The first-order valence-corrected chi connectivity index (χ1v) is 17.8. The Hall–Kier alpha value is -4.14. The molecule has 262 valence electrons. The van der Waals surface area contributed by atoms with Gasteiger partial charge in [0.15, 0.2) is 0 Å². The van der Waals surface area contributed by atoms with Crippen LogP contribution in [0.1, 0.15) is 55.1 Å². The van der Waals surface area contributed by atoms with Gasteiger partial charge in [-0.25, -0.2) is 4.79 Å². The molecule has 12 heteroatoms. The summed E-state index contributed by atoms with van der Waals surface area (Å²) in [4.78, 5) is 40.8. The Morgan fingerprint density at radius 1 is 0.900 bits per heavy atom. The summed E-state index contributed by atoms with van der Waals surface area (Å²) in [5.74, 6) is 1.16. The maximum absolute atomic E-state index is 14.9. The number of aliphatic imine (C=N–C) groups is 1. The van der Waals surface area contributed by atoms with E-state index in [4.69, 9.17) is 37.7 Å². The average Bonchev–Trinajstić information content (AvgIpc) is 3.53. The number of amides is 3. The highest BCUT2D eigenvalue weighted by Gasteiger charge is 2.44. The van der Waals surface area contributed by atoms with Crippen LogP contribution in [0, 0.1) is 11.3 Å². The van der Waals surface area contributed by atoms with Crippen molar-refractivity contribution in [3.63, 3.8) is 0 Å². The zero-order valence-electron chi connectivity index (χ0n) is 28.6. The molecule has 6 rings (SSSR count). The van der Waals surface area contributed by atoms with E-state index in [1.54, 1.807) is 4.90 Å². The molecule has 0 saturated carbocycles. The van der Waals surface area contributed by atoms with Crippen LogP contribution in [0.4, 0.5) is 4.79 Å². The lowest BCUT2D eigenvalue weighted by atomic mass is 9.85. The molecule has 3 aromatic rings. The van der Waals surface area contributed by atoms with Crippen molar-refractivity contribution >= 4 is 41.0 Å². The number of ether oxygens (including phenoxy) is 2. The van der Waals surface area contributed by atoms with Crippen molar-refractivity contribution in [1.82, 2.24) is 19.6 Å². The van der Waals surface area contributed by atoms with Crippen molar-refractivity contribution in [3.8, 4) is 11.8 Å². The van der Waals surface area contributed by atoms with Gasteiger partial charge in [-0.2, -0.15) is 5.26 Å². The number of hydrogen-bond acceptors (Lipinski definition) is 7. The average molecular weight is 718 g/mol. The largest absolute Gasteiger partial charge is 0.494 e. The van der Waals surface area contributed by atoms with Crippen molar-refractivity contribution in [2.75, 3.05) is 65.6 Å². The van der Waals surface area contributed by atoms with Crippen LogP contribution < -0.4 is 4.74 Å². The Bertz CT molecular complexity index is 1760. The first-order valence-electron chi connectivity index (χ1n) is 17.0. The zero-order chi connectivity index (χ0) is 35.4. The second kappa shape index (κ2) is 15.4. The summed E-state index contributed by atoms with van der Waals surface area (Å²) in [7, 11) is 0. The predicted octanol–water partition coefficient (Wildman–Crippen LogP) is 6.33. The van der Waals surface area contributed by atoms with Gasteiger partial charge in [-0.1, -0.05) is 47.5 Å². The summed E-state index contributed by atoms with van der Waals surface area (Å²) in [5.41, 5.74) is 2.37. The second-order valence-electron chi connectivity index (χ2n) is 13.3. The Kier molecular flexibility index (Phi) is 11.0. The second-order valence-corrected chi connectivity index (χ2v) is 14.1. The number of carbonyl (C=O) groups is 2. The van der Waals surface area contributed by atoms with Gasteiger partial charge in [-0.15, -0.1) is 0 Å². The Morgan fingerprint density at radius 3 is 2.12 bits per heavy atom. The highest BCUT2D eigenvalue weighted by atomic mass is 35.5. The van der Waals surface area contributed by atoms with Gasteiger partial charge < -0.3 is 19.3 Å². The van der Waals surface area contributed by atoms with E-state index in [0.29, 0.717) is 92.8 Å². The van der Waals surface area contributed by atoms with E-state index in [0.717, 1.165) is 16.7 Å². The van der Waals surface area contributed by atoms with Gasteiger partial charge in [0.2, 0.25) is 5.91 Å². The lowest BCUT2D eigenvalue weighted by Crippen LogP contribution is -2.56. The number of piperazine rings is 1. The van der Waals surface area contributed by atoms with Crippen LogP contribution in [0.2, 0.25) is 10.0 Å². The standard InChI is InChI=1S/C38H42Cl2N6O4/c1-4-50-32-22-28(21-29(23-32)38(2,3)25-41)36-42-34(26-5-9-30(39)10-6-26)35(27-7-11-31(40)12-8-27)46(36)37(48)45-15-13-43(14-16-45)24-33(47)44-17-19-49-20-18-44/h5-12,21-23,34-35H,4,13-20,24H2,1-3H3/t34-,35+/m0/s1. The maximum Gasteiger partial charge on any atom is 0.326 e. The van der Waals surface area contributed by atoms with Crippen LogP contribution in [-0.2, 0) is 14.9 Å². The molecular formula is C38H42Cl2N6O4. The molecule has 0 bridgehead atoms. The molecule has 0 aromatic heterocycles. The summed E-state index contributed by atoms with van der Waals surface area (Å²) in [5, 5.41) is 11.3. The lowest BCUT2D eigenvalue weighted by Gasteiger charge is -2.39. The summed E-state index contributed by atoms with van der Waals surface area (Å²) < 4.78 is 11.4. The van der Waals surface area contributed by atoms with Gasteiger partial charge in [0, 0.05) is 54.9 Å². The van der Waals surface area contributed by atoms with Crippen LogP contribution in [0.5, 0.6) is 5.75 Å². The van der Waals surface area contributed by atoms with Crippen molar-refractivity contribution in [2.45, 2.75) is 38.3 Å². The fourth-order valence-corrected chi connectivity index (χ4v) is 6.88. The van der Waals surface area contributed by atoms with Crippen LogP contribution in [-0.4, -0.2) is 103 Å². The minimum Gasteiger partial charge on any atom is -0.494 e. The first kappa shape index (κ1) is 35.7. The van der Waals surface area contributed by atoms with Crippen molar-refractivity contribution in [2.24, 2.45) is 4.99 Å². The molecule has 0 spiro atoms. The van der Waals surface area contributed by atoms with Gasteiger partial charge in [0.05, 0.1) is 43.9 Å². The number of rotatable bonds is 8. The minimum atomic E-state index is -0.823. The summed E-state index contributed by atoms with van der Waals surface area (Å²) in [6.45, 7) is 10.7. The van der Waals surface area contributed by atoms with Gasteiger partial charge in [0.1, 0.15) is 17.6 Å². The first-order chi connectivity index (χ1) is 24.1. The number of carbonyl (C=O) groups excluding carboxylic acids is 2. The maximum atomic E-state index is 14.9. The molecular weight excluding hydrogens is 675 g/mol. The number of morpholine rings is 1. The molecule has 0 radical (unpaired) electrons. The Labute approximate surface area is 303 Å².